The van der Waals surface area contributed by atoms with E-state index in [4.69, 9.17) is 0 Å². The highest BCUT2D eigenvalue weighted by Crippen LogP contribution is 2.26. The van der Waals surface area contributed by atoms with Gasteiger partial charge in [-0.2, -0.15) is 0 Å². The van der Waals surface area contributed by atoms with E-state index >= 15 is 0 Å². The number of piperidine rings is 1. The van der Waals surface area contributed by atoms with Crippen LogP contribution in [-0.4, -0.2) is 41.2 Å². The van der Waals surface area contributed by atoms with Crippen LogP contribution >= 0.6 is 0 Å². The molecular weight excluding hydrogens is 374 g/mol. The minimum Gasteiger partial charge on any atom is -0.350 e. The molecular formula is C25H33N3O2. The van der Waals surface area contributed by atoms with E-state index in [0.29, 0.717) is 25.6 Å². The zero-order chi connectivity index (χ0) is 21.5. The van der Waals surface area contributed by atoms with Gasteiger partial charge < -0.3 is 10.2 Å². The summed E-state index contributed by atoms with van der Waals surface area (Å²) in [5.74, 6) is -0.0623. The quantitative estimate of drug-likeness (QED) is 0.722. The molecule has 0 aliphatic carbocycles. The number of nitrogens with one attached hydrogen (secondary N) is 1. The van der Waals surface area contributed by atoms with E-state index in [1.165, 1.54) is 5.56 Å². The highest BCUT2D eigenvalue weighted by molar-refractivity contribution is 5.89. The molecule has 1 aliphatic heterocycles. The van der Waals surface area contributed by atoms with Gasteiger partial charge in [0.1, 0.15) is 6.04 Å². The predicted octanol–water partition coefficient (Wildman–Crippen LogP) is 3.90. The summed E-state index contributed by atoms with van der Waals surface area (Å²) in [5, 5.41) is 3.11. The number of amides is 2. The molecule has 1 heterocycles. The van der Waals surface area contributed by atoms with Gasteiger partial charge >= 0.3 is 0 Å². The Morgan fingerprint density at radius 1 is 1.03 bits per heavy atom. The van der Waals surface area contributed by atoms with Gasteiger partial charge in [0, 0.05) is 32.1 Å². The molecule has 0 radical (unpaired) electrons. The molecule has 2 amide bonds. The molecule has 5 heteroatoms. The Hall–Kier alpha value is -2.66. The summed E-state index contributed by atoms with van der Waals surface area (Å²) in [6.45, 7) is 6.25. The molecule has 3 rings (SSSR count). The van der Waals surface area contributed by atoms with Gasteiger partial charge in [-0.15, -0.1) is 0 Å². The molecule has 5 nitrogen and oxygen atoms in total. The highest BCUT2D eigenvalue weighted by atomic mass is 16.2. The maximum absolute atomic E-state index is 13.3. The van der Waals surface area contributed by atoms with Gasteiger partial charge in [-0.3, -0.25) is 14.5 Å². The molecule has 2 aromatic rings. The van der Waals surface area contributed by atoms with Crippen molar-refractivity contribution in [3.05, 3.63) is 71.3 Å². The van der Waals surface area contributed by atoms with Crippen LogP contribution in [0.2, 0.25) is 0 Å². The Labute approximate surface area is 180 Å². The summed E-state index contributed by atoms with van der Waals surface area (Å²) in [6.07, 6.45) is 2.35. The minimum absolute atomic E-state index is 0.0595. The number of benzene rings is 2. The van der Waals surface area contributed by atoms with Crippen LogP contribution in [0, 0.1) is 0 Å². The van der Waals surface area contributed by atoms with Crippen molar-refractivity contribution in [3.63, 3.8) is 0 Å². The van der Waals surface area contributed by atoms with Gasteiger partial charge in [0.25, 0.3) is 0 Å². The molecule has 0 aromatic heterocycles. The highest BCUT2D eigenvalue weighted by Gasteiger charge is 2.32. The molecule has 30 heavy (non-hydrogen) atoms. The third kappa shape index (κ3) is 5.48. The normalized spacial score (nSPS) is 15.5. The number of likely N-dealkylation sites (tertiary alicyclic amines) is 1. The van der Waals surface area contributed by atoms with E-state index in [1.807, 2.05) is 42.5 Å². The first-order valence-electron chi connectivity index (χ1n) is 10.9. The molecule has 1 saturated heterocycles. The van der Waals surface area contributed by atoms with Crippen molar-refractivity contribution in [1.29, 1.82) is 0 Å². The first-order valence-corrected chi connectivity index (χ1v) is 10.9. The van der Waals surface area contributed by atoms with Crippen molar-refractivity contribution in [3.8, 4) is 0 Å². The molecule has 1 atom stereocenters. The second-order valence-corrected chi connectivity index (χ2v) is 8.35. The molecule has 0 bridgehead atoms. The van der Waals surface area contributed by atoms with Crippen molar-refractivity contribution in [1.82, 2.24) is 15.1 Å². The lowest BCUT2D eigenvalue weighted by Gasteiger charge is -2.34. The van der Waals surface area contributed by atoms with E-state index in [-0.39, 0.29) is 11.8 Å². The molecule has 0 saturated carbocycles. The fraction of sp³-hybridized carbons (Fsp3) is 0.440. The van der Waals surface area contributed by atoms with Crippen LogP contribution in [0.1, 0.15) is 55.8 Å². The third-order valence-electron chi connectivity index (χ3n) is 5.91. The van der Waals surface area contributed by atoms with Crippen LogP contribution in [-0.2, 0) is 22.7 Å². The van der Waals surface area contributed by atoms with Crippen LogP contribution < -0.4 is 5.32 Å². The lowest BCUT2D eigenvalue weighted by molar-refractivity contribution is -0.142. The summed E-state index contributed by atoms with van der Waals surface area (Å²) in [5.41, 5.74) is 3.17. The number of carbonyl (C=O) groups is 2. The predicted molar refractivity (Wildman–Crippen MR) is 120 cm³/mol. The second kappa shape index (κ2) is 10.4. The average molecular weight is 408 g/mol. The van der Waals surface area contributed by atoms with E-state index in [9.17, 15) is 9.59 Å². The summed E-state index contributed by atoms with van der Waals surface area (Å²) in [4.78, 5) is 29.9. The van der Waals surface area contributed by atoms with Gasteiger partial charge in [0.2, 0.25) is 11.8 Å². The first kappa shape index (κ1) is 22.0. The number of rotatable bonds is 8. The summed E-state index contributed by atoms with van der Waals surface area (Å²) in [7, 11) is 2.10. The van der Waals surface area contributed by atoms with E-state index in [1.54, 1.807) is 4.90 Å². The Bertz CT molecular complexity index is 850. The summed E-state index contributed by atoms with van der Waals surface area (Å²) >= 11 is 0. The van der Waals surface area contributed by atoms with Crippen molar-refractivity contribution < 1.29 is 9.59 Å². The van der Waals surface area contributed by atoms with Crippen LogP contribution in [0.4, 0.5) is 0 Å². The number of nitrogens with zero attached hydrogens (tertiary/aromatic N) is 2. The van der Waals surface area contributed by atoms with E-state index in [0.717, 1.165) is 30.5 Å². The second-order valence-electron chi connectivity index (χ2n) is 8.35. The fourth-order valence-electron chi connectivity index (χ4n) is 3.82. The third-order valence-corrected chi connectivity index (χ3v) is 5.91. The van der Waals surface area contributed by atoms with Crippen molar-refractivity contribution in [2.75, 3.05) is 13.6 Å². The van der Waals surface area contributed by atoms with Crippen molar-refractivity contribution >= 4 is 11.8 Å². The first-order chi connectivity index (χ1) is 14.5. The van der Waals surface area contributed by atoms with Crippen LogP contribution in [0.15, 0.2) is 54.6 Å². The standard InChI is InChI=1S/C25H33N3O2/c1-19(2)27(3)18-22-14-8-7-13-21(22)17-26-25(30)24(20-11-5-4-6-12-20)28-16-10-9-15-23(28)29/h4-8,11-14,19,24H,9-10,15-18H2,1-3H3,(H,26,30). The van der Waals surface area contributed by atoms with Crippen LogP contribution in [0.5, 0.6) is 0 Å². The lowest BCUT2D eigenvalue weighted by Crippen LogP contribution is -2.45. The number of hydrogen-bond donors (Lipinski definition) is 1. The van der Waals surface area contributed by atoms with Gasteiger partial charge in [-0.25, -0.2) is 0 Å². The van der Waals surface area contributed by atoms with Crippen LogP contribution in [0.3, 0.4) is 0 Å². The molecule has 2 aromatic carbocycles. The molecule has 1 aliphatic rings. The Balaban J connectivity index is 1.76. The molecule has 1 fully saturated rings. The zero-order valence-electron chi connectivity index (χ0n) is 18.3. The van der Waals surface area contributed by atoms with E-state index in [2.05, 4.69) is 43.2 Å². The SMILES string of the molecule is CC(C)N(C)Cc1ccccc1CNC(=O)C(c1ccccc1)N1CCCCC1=O. The molecule has 1 unspecified atom stereocenters. The minimum atomic E-state index is -0.579. The summed E-state index contributed by atoms with van der Waals surface area (Å²) < 4.78 is 0. The Morgan fingerprint density at radius 3 is 2.37 bits per heavy atom. The number of hydrogen-bond acceptors (Lipinski definition) is 3. The summed E-state index contributed by atoms with van der Waals surface area (Å²) in [6, 6.07) is 17.7. The van der Waals surface area contributed by atoms with Crippen molar-refractivity contribution in [2.24, 2.45) is 0 Å². The van der Waals surface area contributed by atoms with Gasteiger partial charge in [-0.05, 0) is 50.4 Å². The molecule has 1 N–H and O–H groups in total. The molecule has 160 valence electrons. The Morgan fingerprint density at radius 2 is 1.70 bits per heavy atom. The maximum Gasteiger partial charge on any atom is 0.247 e. The zero-order valence-corrected chi connectivity index (χ0v) is 18.3. The van der Waals surface area contributed by atoms with Crippen molar-refractivity contribution in [2.45, 2.75) is 58.3 Å². The van der Waals surface area contributed by atoms with Gasteiger partial charge in [0.05, 0.1) is 0 Å². The number of carbonyl (C=O) groups excluding carboxylic acids is 2. The van der Waals surface area contributed by atoms with E-state index < -0.39 is 6.04 Å². The van der Waals surface area contributed by atoms with Gasteiger partial charge in [0.15, 0.2) is 0 Å². The Kier molecular flexibility index (Phi) is 7.63. The van der Waals surface area contributed by atoms with Gasteiger partial charge in [-0.1, -0.05) is 54.6 Å². The molecule has 0 spiro atoms. The largest absolute Gasteiger partial charge is 0.350 e. The smallest absolute Gasteiger partial charge is 0.247 e. The van der Waals surface area contributed by atoms with Crippen LogP contribution in [0.25, 0.3) is 0 Å². The average Bonchev–Trinajstić information content (AvgIpc) is 2.75. The monoisotopic (exact) mass is 407 g/mol. The topological polar surface area (TPSA) is 52.7 Å². The maximum atomic E-state index is 13.3. The fourth-order valence-corrected chi connectivity index (χ4v) is 3.82. The lowest BCUT2D eigenvalue weighted by atomic mass is 10.00.